The largest absolute Gasteiger partial charge is 0.337 e. The maximum absolute atomic E-state index is 13.0. The van der Waals surface area contributed by atoms with Crippen LogP contribution in [0.2, 0.25) is 0 Å². The van der Waals surface area contributed by atoms with Crippen LogP contribution in [-0.2, 0) is 11.2 Å². The minimum atomic E-state index is 0.357. The van der Waals surface area contributed by atoms with Crippen molar-refractivity contribution in [3.8, 4) is 0 Å². The second-order valence-electron chi connectivity index (χ2n) is 8.01. The molecule has 3 nitrogen and oxygen atoms in total. The summed E-state index contributed by atoms with van der Waals surface area (Å²) in [6.07, 6.45) is 9.66. The molecule has 1 heterocycles. The van der Waals surface area contributed by atoms with Crippen molar-refractivity contribution in [3.63, 3.8) is 0 Å². The Labute approximate surface area is 146 Å². The van der Waals surface area contributed by atoms with E-state index in [0.29, 0.717) is 17.9 Å². The lowest BCUT2D eigenvalue weighted by atomic mass is 9.98. The van der Waals surface area contributed by atoms with Gasteiger partial charge in [0.1, 0.15) is 0 Å². The van der Waals surface area contributed by atoms with Crippen LogP contribution in [-0.4, -0.2) is 47.4 Å². The van der Waals surface area contributed by atoms with Crippen molar-refractivity contribution >= 4 is 5.91 Å². The average molecular weight is 326 g/mol. The summed E-state index contributed by atoms with van der Waals surface area (Å²) in [5.41, 5.74) is 1.36. The van der Waals surface area contributed by atoms with Crippen LogP contribution in [0.4, 0.5) is 0 Å². The topological polar surface area (TPSA) is 23.6 Å². The summed E-state index contributed by atoms with van der Waals surface area (Å²) in [6, 6.07) is 11.9. The molecule has 24 heavy (non-hydrogen) atoms. The van der Waals surface area contributed by atoms with E-state index >= 15 is 0 Å². The van der Waals surface area contributed by atoms with E-state index in [-0.39, 0.29) is 0 Å². The van der Waals surface area contributed by atoms with Gasteiger partial charge in [-0.25, -0.2) is 0 Å². The third kappa shape index (κ3) is 3.83. The molecule has 0 aromatic heterocycles. The molecule has 130 valence electrons. The van der Waals surface area contributed by atoms with Crippen LogP contribution < -0.4 is 0 Å². The molecule has 0 N–H and O–H groups in total. The molecular weight excluding hydrogens is 296 g/mol. The number of nitrogens with zero attached hydrogens (tertiary/aromatic N) is 2. The third-order valence-corrected chi connectivity index (χ3v) is 6.15. The molecule has 0 spiro atoms. The molecule has 1 aliphatic heterocycles. The molecule has 1 amide bonds. The van der Waals surface area contributed by atoms with Crippen LogP contribution in [0.3, 0.4) is 0 Å². The predicted molar refractivity (Wildman–Crippen MR) is 96.8 cm³/mol. The van der Waals surface area contributed by atoms with Crippen molar-refractivity contribution in [3.05, 3.63) is 35.9 Å². The van der Waals surface area contributed by atoms with E-state index in [1.165, 1.54) is 44.1 Å². The molecule has 1 unspecified atom stereocenters. The molecule has 1 atom stereocenters. The number of carbonyl (C=O) groups excluding carboxylic acids is 1. The fourth-order valence-corrected chi connectivity index (χ4v) is 4.62. The summed E-state index contributed by atoms with van der Waals surface area (Å²) in [5.74, 6) is 1.06. The molecule has 2 aliphatic carbocycles. The quantitative estimate of drug-likeness (QED) is 0.827. The second-order valence-corrected chi connectivity index (χ2v) is 8.01. The van der Waals surface area contributed by atoms with E-state index in [4.69, 9.17) is 0 Å². The van der Waals surface area contributed by atoms with Gasteiger partial charge in [0.25, 0.3) is 0 Å². The smallest absolute Gasteiger partial charge is 0.223 e. The molecule has 1 saturated heterocycles. The van der Waals surface area contributed by atoms with Gasteiger partial charge in [-0.1, -0.05) is 43.2 Å². The molecule has 3 fully saturated rings. The Bertz CT molecular complexity index is 548. The zero-order valence-electron chi connectivity index (χ0n) is 14.7. The fourth-order valence-electron chi connectivity index (χ4n) is 4.62. The van der Waals surface area contributed by atoms with Crippen LogP contribution in [0.1, 0.15) is 50.5 Å². The van der Waals surface area contributed by atoms with Gasteiger partial charge in [-0.3, -0.25) is 9.69 Å². The summed E-state index contributed by atoms with van der Waals surface area (Å²) in [7, 11) is 0. The normalized spacial score (nSPS) is 26.0. The lowest BCUT2D eigenvalue weighted by molar-refractivity contribution is -0.137. The van der Waals surface area contributed by atoms with E-state index in [1.54, 1.807) is 0 Å². The van der Waals surface area contributed by atoms with Gasteiger partial charge < -0.3 is 4.90 Å². The van der Waals surface area contributed by atoms with E-state index in [9.17, 15) is 4.79 Å². The monoisotopic (exact) mass is 326 g/mol. The molecule has 1 aromatic rings. The van der Waals surface area contributed by atoms with Crippen molar-refractivity contribution in [2.24, 2.45) is 5.92 Å². The minimum absolute atomic E-state index is 0.357. The molecule has 3 heteroatoms. The SMILES string of the molecule is O=C(CC1CCCC1)N1CCN(C2CC2)CC1Cc1ccccc1. The van der Waals surface area contributed by atoms with Gasteiger partial charge in [0.05, 0.1) is 0 Å². The van der Waals surface area contributed by atoms with E-state index in [2.05, 4.69) is 40.1 Å². The first-order valence-corrected chi connectivity index (χ1v) is 9.87. The fraction of sp³-hybridized carbons (Fsp3) is 0.667. The van der Waals surface area contributed by atoms with Gasteiger partial charge in [0, 0.05) is 38.1 Å². The van der Waals surface area contributed by atoms with Crippen LogP contribution in [0.5, 0.6) is 0 Å². The molecule has 0 bridgehead atoms. The number of hydrogen-bond acceptors (Lipinski definition) is 2. The maximum Gasteiger partial charge on any atom is 0.223 e. The summed E-state index contributed by atoms with van der Waals surface area (Å²) in [6.45, 7) is 3.07. The summed E-state index contributed by atoms with van der Waals surface area (Å²) in [4.78, 5) is 17.8. The highest BCUT2D eigenvalue weighted by Crippen LogP contribution is 2.31. The number of amides is 1. The van der Waals surface area contributed by atoms with Gasteiger partial charge in [-0.05, 0) is 43.6 Å². The lowest BCUT2D eigenvalue weighted by Gasteiger charge is -2.42. The summed E-state index contributed by atoms with van der Waals surface area (Å²) < 4.78 is 0. The van der Waals surface area contributed by atoms with Crippen molar-refractivity contribution in [1.29, 1.82) is 0 Å². The van der Waals surface area contributed by atoms with E-state index in [0.717, 1.165) is 38.5 Å². The number of benzene rings is 1. The van der Waals surface area contributed by atoms with Crippen molar-refractivity contribution in [2.75, 3.05) is 19.6 Å². The first kappa shape index (κ1) is 16.1. The zero-order valence-corrected chi connectivity index (χ0v) is 14.7. The van der Waals surface area contributed by atoms with Crippen LogP contribution in [0, 0.1) is 5.92 Å². The number of rotatable bonds is 5. The van der Waals surface area contributed by atoms with Crippen LogP contribution in [0.25, 0.3) is 0 Å². The third-order valence-electron chi connectivity index (χ3n) is 6.15. The Morgan fingerprint density at radius 2 is 1.75 bits per heavy atom. The molecule has 2 saturated carbocycles. The number of piperazine rings is 1. The average Bonchev–Trinajstić information content (AvgIpc) is 3.34. The highest BCUT2D eigenvalue weighted by atomic mass is 16.2. The second kappa shape index (κ2) is 7.26. The molecule has 1 aromatic carbocycles. The zero-order chi connectivity index (χ0) is 16.4. The van der Waals surface area contributed by atoms with Crippen molar-refractivity contribution < 1.29 is 4.79 Å². The van der Waals surface area contributed by atoms with Crippen molar-refractivity contribution in [2.45, 2.75) is 63.5 Å². The Hall–Kier alpha value is -1.35. The number of hydrogen-bond donors (Lipinski definition) is 0. The number of carbonyl (C=O) groups is 1. The summed E-state index contributed by atoms with van der Waals surface area (Å²) in [5, 5.41) is 0. The summed E-state index contributed by atoms with van der Waals surface area (Å²) >= 11 is 0. The van der Waals surface area contributed by atoms with E-state index in [1.807, 2.05) is 0 Å². The molecule has 3 aliphatic rings. The Kier molecular flexibility index (Phi) is 4.88. The molecular formula is C21H30N2O. The first-order chi connectivity index (χ1) is 11.8. The highest BCUT2D eigenvalue weighted by molar-refractivity contribution is 5.77. The van der Waals surface area contributed by atoms with Gasteiger partial charge in [-0.2, -0.15) is 0 Å². The van der Waals surface area contributed by atoms with Gasteiger partial charge in [0.2, 0.25) is 5.91 Å². The van der Waals surface area contributed by atoms with Crippen LogP contribution in [0.15, 0.2) is 30.3 Å². The highest BCUT2D eigenvalue weighted by Gasteiger charge is 2.37. The van der Waals surface area contributed by atoms with Crippen molar-refractivity contribution in [1.82, 2.24) is 9.80 Å². The Balaban J connectivity index is 1.44. The van der Waals surface area contributed by atoms with Gasteiger partial charge in [0.15, 0.2) is 0 Å². The van der Waals surface area contributed by atoms with Crippen LogP contribution >= 0.6 is 0 Å². The Morgan fingerprint density at radius 3 is 2.46 bits per heavy atom. The predicted octanol–water partition coefficient (Wildman–Crippen LogP) is 3.48. The maximum atomic E-state index is 13.0. The molecule has 4 rings (SSSR count). The molecule has 0 radical (unpaired) electrons. The van der Waals surface area contributed by atoms with Gasteiger partial charge >= 0.3 is 0 Å². The standard InChI is InChI=1S/C21H30N2O/c24-21(15-18-8-4-5-9-18)23-13-12-22(19-10-11-19)16-20(23)14-17-6-2-1-3-7-17/h1-3,6-7,18-20H,4-5,8-16H2. The first-order valence-electron chi connectivity index (χ1n) is 9.87. The minimum Gasteiger partial charge on any atom is -0.337 e. The lowest BCUT2D eigenvalue weighted by Crippen LogP contribution is -2.56. The Morgan fingerprint density at radius 1 is 1.00 bits per heavy atom. The van der Waals surface area contributed by atoms with E-state index < -0.39 is 0 Å². The van der Waals surface area contributed by atoms with Gasteiger partial charge in [-0.15, -0.1) is 0 Å².